The molecule has 0 saturated carbocycles. The zero-order valence-corrected chi connectivity index (χ0v) is 20.1. The average molecular weight is 462 g/mol. The van der Waals surface area contributed by atoms with Crippen LogP contribution in [0.3, 0.4) is 0 Å². The van der Waals surface area contributed by atoms with Gasteiger partial charge in [-0.05, 0) is 64.6 Å². The van der Waals surface area contributed by atoms with E-state index in [9.17, 15) is 4.39 Å². The number of rotatable bonds is 4. The van der Waals surface area contributed by atoms with E-state index < -0.39 is 0 Å². The minimum atomic E-state index is -0.216. The maximum atomic E-state index is 14.4. The second kappa shape index (κ2) is 10.2. The molecule has 35 heavy (non-hydrogen) atoms. The molecule has 1 heterocycles. The molecule has 1 atom stereocenters. The first kappa shape index (κ1) is 22.9. The van der Waals surface area contributed by atoms with Crippen molar-refractivity contribution >= 4 is 0 Å². The van der Waals surface area contributed by atoms with E-state index >= 15 is 0 Å². The lowest BCUT2D eigenvalue weighted by Crippen LogP contribution is -2.26. The summed E-state index contributed by atoms with van der Waals surface area (Å²) in [4.78, 5) is 2.39. The van der Waals surface area contributed by atoms with Crippen molar-refractivity contribution in [2.75, 3.05) is 7.11 Å². The first-order valence-electron chi connectivity index (χ1n) is 11.9. The molecule has 0 spiro atoms. The number of benzene rings is 4. The molecule has 0 bridgehead atoms. The smallest absolute Gasteiger partial charge is 0.123 e. The lowest BCUT2D eigenvalue weighted by molar-refractivity contribution is 0.222. The van der Waals surface area contributed by atoms with E-state index in [0.29, 0.717) is 13.0 Å². The van der Waals surface area contributed by atoms with Gasteiger partial charge in [0.25, 0.3) is 0 Å². The Morgan fingerprint density at radius 2 is 1.69 bits per heavy atom. The molecule has 0 fully saturated rings. The van der Waals surface area contributed by atoms with Crippen molar-refractivity contribution < 1.29 is 9.13 Å². The number of methoxy groups -OCH3 is 1. The average Bonchev–Trinajstić information content (AvgIpc) is 3.00. The van der Waals surface area contributed by atoms with E-state index in [4.69, 9.17) is 4.74 Å². The van der Waals surface area contributed by atoms with Crippen molar-refractivity contribution in [1.82, 2.24) is 4.90 Å². The molecule has 0 amide bonds. The summed E-state index contributed by atoms with van der Waals surface area (Å²) in [5.41, 5.74) is 7.78. The molecule has 2 nitrogen and oxygen atoms in total. The van der Waals surface area contributed by atoms with E-state index in [-0.39, 0.29) is 11.9 Å². The third-order valence-electron chi connectivity index (χ3n) is 6.52. The third-order valence-corrected chi connectivity index (χ3v) is 6.52. The van der Waals surface area contributed by atoms with Gasteiger partial charge in [-0.2, -0.15) is 0 Å². The molecule has 0 N–H and O–H groups in total. The van der Waals surface area contributed by atoms with E-state index in [1.165, 1.54) is 11.1 Å². The summed E-state index contributed by atoms with van der Waals surface area (Å²) in [7, 11) is 1.68. The van der Waals surface area contributed by atoms with Crippen LogP contribution in [-0.2, 0) is 19.5 Å². The molecule has 5 rings (SSSR count). The van der Waals surface area contributed by atoms with Crippen LogP contribution in [0.1, 0.15) is 33.9 Å². The van der Waals surface area contributed by atoms with Crippen molar-refractivity contribution in [2.24, 2.45) is 0 Å². The number of aryl methyl sites for hydroxylation is 1. The summed E-state index contributed by atoms with van der Waals surface area (Å²) < 4.78 is 19.7. The molecule has 3 heteroatoms. The summed E-state index contributed by atoms with van der Waals surface area (Å²) in [5.74, 6) is 7.65. The van der Waals surface area contributed by atoms with Crippen LogP contribution in [-0.4, -0.2) is 12.0 Å². The van der Waals surface area contributed by atoms with Gasteiger partial charge in [-0.1, -0.05) is 84.1 Å². The van der Waals surface area contributed by atoms with Crippen LogP contribution in [0.2, 0.25) is 0 Å². The lowest BCUT2D eigenvalue weighted by atomic mass is 9.92. The standard InChI is InChI=1S/C32H28FNO/c1-23-11-18-29-31(19-23)30-20-27(33)15-14-26(30)22-34(21-25-12-16-28(35-2)17-13-25)32(29)10-6-9-24-7-4-3-5-8-24/h3-5,7-8,11-20,32H,9,21-22H2,1-2H3. The Labute approximate surface area is 207 Å². The summed E-state index contributed by atoms with van der Waals surface area (Å²) in [6.07, 6.45) is 0.691. The Hall–Kier alpha value is -3.87. The Morgan fingerprint density at radius 3 is 2.46 bits per heavy atom. The molecular formula is C32H28FNO. The van der Waals surface area contributed by atoms with Crippen LogP contribution in [0.5, 0.6) is 5.75 Å². The molecule has 4 aromatic carbocycles. The molecule has 0 aromatic heterocycles. The summed E-state index contributed by atoms with van der Waals surface area (Å²) in [5, 5.41) is 0. The molecule has 0 aliphatic carbocycles. The highest BCUT2D eigenvalue weighted by atomic mass is 19.1. The fourth-order valence-electron chi connectivity index (χ4n) is 4.71. The Bertz CT molecular complexity index is 1380. The fraction of sp³-hybridized carbons (Fsp3) is 0.188. The zero-order valence-electron chi connectivity index (χ0n) is 20.1. The number of halogens is 1. The number of fused-ring (bicyclic) bond motifs is 3. The zero-order chi connectivity index (χ0) is 24.2. The molecule has 4 aromatic rings. The van der Waals surface area contributed by atoms with Gasteiger partial charge >= 0.3 is 0 Å². The van der Waals surface area contributed by atoms with Crippen molar-refractivity contribution in [3.8, 4) is 28.7 Å². The van der Waals surface area contributed by atoms with Gasteiger partial charge in [0.05, 0.1) is 13.2 Å². The number of hydrogen-bond donors (Lipinski definition) is 0. The lowest BCUT2D eigenvalue weighted by Gasteiger charge is -2.28. The highest BCUT2D eigenvalue weighted by molar-refractivity contribution is 5.73. The van der Waals surface area contributed by atoms with Gasteiger partial charge in [-0.15, -0.1) is 0 Å². The highest BCUT2D eigenvalue weighted by Gasteiger charge is 2.28. The van der Waals surface area contributed by atoms with Gasteiger partial charge < -0.3 is 4.74 Å². The third kappa shape index (κ3) is 5.14. The Morgan fingerprint density at radius 1 is 0.886 bits per heavy atom. The Balaban J connectivity index is 1.59. The predicted molar refractivity (Wildman–Crippen MR) is 139 cm³/mol. The maximum Gasteiger partial charge on any atom is 0.123 e. The molecular weight excluding hydrogens is 433 g/mol. The normalized spacial score (nSPS) is 14.8. The predicted octanol–water partition coefficient (Wildman–Crippen LogP) is 7.11. The van der Waals surface area contributed by atoms with Crippen LogP contribution < -0.4 is 4.74 Å². The largest absolute Gasteiger partial charge is 0.497 e. The second-order valence-corrected chi connectivity index (χ2v) is 9.03. The summed E-state index contributed by atoms with van der Waals surface area (Å²) in [6, 6.07) is 30.0. The van der Waals surface area contributed by atoms with Crippen LogP contribution in [0.25, 0.3) is 11.1 Å². The SMILES string of the molecule is COc1ccc(CN2Cc3ccc(F)cc3-c3cc(C)ccc3C2C#CCc2ccccc2)cc1. The summed E-state index contributed by atoms with van der Waals surface area (Å²) >= 11 is 0. The van der Waals surface area contributed by atoms with Crippen LogP contribution in [0.15, 0.2) is 91.0 Å². The van der Waals surface area contributed by atoms with Crippen molar-refractivity contribution in [2.45, 2.75) is 32.5 Å². The Kier molecular flexibility index (Phi) is 6.66. The van der Waals surface area contributed by atoms with Crippen LogP contribution in [0.4, 0.5) is 4.39 Å². The van der Waals surface area contributed by atoms with Crippen LogP contribution in [0, 0.1) is 24.6 Å². The monoisotopic (exact) mass is 461 g/mol. The molecule has 1 unspecified atom stereocenters. The first-order chi connectivity index (χ1) is 17.1. The molecule has 1 aliphatic heterocycles. The topological polar surface area (TPSA) is 12.5 Å². The minimum Gasteiger partial charge on any atom is -0.497 e. The first-order valence-corrected chi connectivity index (χ1v) is 11.9. The van der Waals surface area contributed by atoms with Gasteiger partial charge in [-0.3, -0.25) is 4.90 Å². The number of ether oxygens (including phenoxy) is 1. The van der Waals surface area contributed by atoms with Crippen molar-refractivity contribution in [1.29, 1.82) is 0 Å². The molecule has 1 aliphatic rings. The van der Waals surface area contributed by atoms with Gasteiger partial charge in [-0.25, -0.2) is 4.39 Å². The van der Waals surface area contributed by atoms with E-state index in [2.05, 4.69) is 66.1 Å². The number of hydrogen-bond acceptors (Lipinski definition) is 2. The van der Waals surface area contributed by atoms with Crippen LogP contribution >= 0.6 is 0 Å². The van der Waals surface area contributed by atoms with E-state index in [1.54, 1.807) is 19.2 Å². The van der Waals surface area contributed by atoms with Gasteiger partial charge in [0, 0.05) is 19.5 Å². The fourth-order valence-corrected chi connectivity index (χ4v) is 4.71. The quantitative estimate of drug-likeness (QED) is 0.300. The second-order valence-electron chi connectivity index (χ2n) is 9.03. The maximum absolute atomic E-state index is 14.4. The van der Waals surface area contributed by atoms with Gasteiger partial charge in [0.2, 0.25) is 0 Å². The van der Waals surface area contributed by atoms with Crippen molar-refractivity contribution in [3.05, 3.63) is 125 Å². The van der Waals surface area contributed by atoms with E-state index in [0.717, 1.165) is 40.1 Å². The van der Waals surface area contributed by atoms with Gasteiger partial charge in [0.1, 0.15) is 11.6 Å². The van der Waals surface area contributed by atoms with Gasteiger partial charge in [0.15, 0.2) is 0 Å². The van der Waals surface area contributed by atoms with Crippen molar-refractivity contribution in [3.63, 3.8) is 0 Å². The van der Waals surface area contributed by atoms with E-state index in [1.807, 2.05) is 36.4 Å². The highest BCUT2D eigenvalue weighted by Crippen LogP contribution is 2.40. The number of nitrogens with zero attached hydrogens (tertiary/aromatic N) is 1. The molecule has 0 saturated heterocycles. The summed E-state index contributed by atoms with van der Waals surface area (Å²) in [6.45, 7) is 3.48. The minimum absolute atomic E-state index is 0.119. The molecule has 0 radical (unpaired) electrons. The molecule has 174 valence electrons.